The van der Waals surface area contributed by atoms with Crippen molar-refractivity contribution in [3.63, 3.8) is 0 Å². The summed E-state index contributed by atoms with van der Waals surface area (Å²) in [5.74, 6) is 0.769. The second-order valence-electron chi connectivity index (χ2n) is 5.91. The zero-order valence-electron chi connectivity index (χ0n) is 12.2. The van der Waals surface area contributed by atoms with Crippen molar-refractivity contribution in [3.05, 3.63) is 24.0 Å². The van der Waals surface area contributed by atoms with Gasteiger partial charge >= 0.3 is 0 Å². The molecule has 2 aliphatic rings. The number of rotatable bonds is 3. The largest absolute Gasteiger partial charge is 0.347 e. The van der Waals surface area contributed by atoms with Gasteiger partial charge in [-0.25, -0.2) is 13.4 Å². The quantitative estimate of drug-likeness (QED) is 0.820. The number of aromatic nitrogens is 3. The minimum atomic E-state index is -3.41. The van der Waals surface area contributed by atoms with Gasteiger partial charge in [0.15, 0.2) is 5.13 Å². The van der Waals surface area contributed by atoms with Crippen LogP contribution in [0.25, 0.3) is 0 Å². The molecule has 4 heterocycles. The number of sulfonamides is 1. The first kappa shape index (κ1) is 14.2. The fraction of sp³-hybridized carbons (Fsp3) is 0.538. The molecule has 2 aromatic heterocycles. The molecule has 0 N–H and O–H groups in total. The molecule has 0 amide bonds. The van der Waals surface area contributed by atoms with Gasteiger partial charge in [-0.2, -0.15) is 9.40 Å². The van der Waals surface area contributed by atoms with Crippen molar-refractivity contribution < 1.29 is 8.42 Å². The molecular weight excluding hydrogens is 322 g/mol. The summed E-state index contributed by atoms with van der Waals surface area (Å²) in [4.78, 5) is 6.90. The van der Waals surface area contributed by atoms with Crippen molar-refractivity contribution in [2.75, 3.05) is 31.1 Å². The number of thiazole rings is 1. The molecule has 0 aliphatic carbocycles. The molecule has 2 atom stereocenters. The fourth-order valence-electron chi connectivity index (χ4n) is 3.36. The summed E-state index contributed by atoms with van der Waals surface area (Å²) >= 11 is 1.64. The molecule has 2 unspecified atom stereocenters. The highest BCUT2D eigenvalue weighted by molar-refractivity contribution is 7.89. The lowest BCUT2D eigenvalue weighted by molar-refractivity contribution is 0.453. The van der Waals surface area contributed by atoms with Gasteiger partial charge in [-0.3, -0.25) is 4.68 Å². The van der Waals surface area contributed by atoms with Crippen molar-refractivity contribution in [3.8, 4) is 0 Å². The third kappa shape index (κ3) is 2.24. The molecule has 0 aromatic carbocycles. The Bertz CT molecular complexity index is 756. The van der Waals surface area contributed by atoms with Gasteiger partial charge in [0.1, 0.15) is 4.90 Å². The molecule has 118 valence electrons. The number of hydrogen-bond donors (Lipinski definition) is 0. The van der Waals surface area contributed by atoms with Crippen molar-refractivity contribution in [1.82, 2.24) is 19.1 Å². The summed E-state index contributed by atoms with van der Waals surface area (Å²) in [6, 6.07) is 0. The van der Waals surface area contributed by atoms with Crippen LogP contribution in [0.15, 0.2) is 28.9 Å². The lowest BCUT2D eigenvalue weighted by atomic mass is 10.0. The number of hydrogen-bond acceptors (Lipinski definition) is 6. The Labute approximate surface area is 133 Å². The van der Waals surface area contributed by atoms with E-state index in [1.165, 1.54) is 10.9 Å². The van der Waals surface area contributed by atoms with Crippen molar-refractivity contribution in [1.29, 1.82) is 0 Å². The van der Waals surface area contributed by atoms with Crippen LogP contribution in [0.5, 0.6) is 0 Å². The van der Waals surface area contributed by atoms with E-state index in [2.05, 4.69) is 15.0 Å². The topological polar surface area (TPSA) is 71.3 Å². The smallest absolute Gasteiger partial charge is 0.246 e. The molecule has 2 fully saturated rings. The van der Waals surface area contributed by atoms with E-state index in [-0.39, 0.29) is 4.90 Å². The maximum absolute atomic E-state index is 12.6. The van der Waals surface area contributed by atoms with Gasteiger partial charge in [0.25, 0.3) is 0 Å². The third-order valence-corrected chi connectivity index (χ3v) is 7.08. The summed E-state index contributed by atoms with van der Waals surface area (Å²) < 4.78 is 28.4. The van der Waals surface area contributed by atoms with Gasteiger partial charge in [0.05, 0.1) is 6.20 Å². The molecule has 2 aromatic rings. The van der Waals surface area contributed by atoms with Gasteiger partial charge in [0, 0.05) is 51.0 Å². The number of aryl methyl sites for hydroxylation is 1. The number of fused-ring (bicyclic) bond motifs is 1. The average Bonchev–Trinajstić information content (AvgIpc) is 3.21. The second kappa shape index (κ2) is 5.04. The second-order valence-corrected chi connectivity index (χ2v) is 8.72. The van der Waals surface area contributed by atoms with Crippen molar-refractivity contribution in [2.24, 2.45) is 18.9 Å². The molecule has 0 radical (unpaired) electrons. The SMILES string of the molecule is Cn1cc(S(=O)(=O)N2CC3CN(c4nccs4)CC3C2)cn1. The van der Waals surface area contributed by atoms with Gasteiger partial charge in [-0.05, 0) is 11.8 Å². The maximum atomic E-state index is 12.6. The average molecular weight is 339 g/mol. The lowest BCUT2D eigenvalue weighted by Gasteiger charge is -2.20. The Hall–Kier alpha value is -1.45. The Balaban J connectivity index is 1.49. The highest BCUT2D eigenvalue weighted by Crippen LogP contribution is 2.36. The van der Waals surface area contributed by atoms with Crippen molar-refractivity contribution in [2.45, 2.75) is 4.90 Å². The van der Waals surface area contributed by atoms with E-state index in [1.807, 2.05) is 11.6 Å². The number of anilines is 1. The summed E-state index contributed by atoms with van der Waals surface area (Å²) in [5, 5.41) is 6.98. The minimum absolute atomic E-state index is 0.284. The van der Waals surface area contributed by atoms with E-state index in [4.69, 9.17) is 0 Å². The maximum Gasteiger partial charge on any atom is 0.246 e. The summed E-state index contributed by atoms with van der Waals surface area (Å²) in [6.45, 7) is 2.95. The van der Waals surface area contributed by atoms with Crippen LogP contribution in [-0.4, -0.2) is 53.7 Å². The van der Waals surface area contributed by atoms with Crippen LogP contribution in [0, 0.1) is 11.8 Å². The van der Waals surface area contributed by atoms with Gasteiger partial charge in [0.2, 0.25) is 10.0 Å². The summed E-state index contributed by atoms with van der Waals surface area (Å²) in [5.41, 5.74) is 0. The molecular formula is C13H17N5O2S2. The van der Waals surface area contributed by atoms with Crippen molar-refractivity contribution >= 4 is 26.5 Å². The number of nitrogens with zero attached hydrogens (tertiary/aromatic N) is 5. The highest BCUT2D eigenvalue weighted by atomic mass is 32.2. The molecule has 4 rings (SSSR count). The van der Waals surface area contributed by atoms with Gasteiger partial charge in [-0.15, -0.1) is 11.3 Å². The van der Waals surface area contributed by atoms with E-state index < -0.39 is 10.0 Å². The summed E-state index contributed by atoms with van der Waals surface area (Å²) in [6.07, 6.45) is 4.80. The molecule has 2 aliphatic heterocycles. The molecule has 0 spiro atoms. The van der Waals surface area contributed by atoms with Crippen LogP contribution in [-0.2, 0) is 17.1 Å². The zero-order chi connectivity index (χ0) is 15.3. The molecule has 9 heteroatoms. The van der Waals surface area contributed by atoms with Crippen LogP contribution in [0.1, 0.15) is 0 Å². The third-order valence-electron chi connectivity index (χ3n) is 4.46. The minimum Gasteiger partial charge on any atom is -0.347 e. The van der Waals surface area contributed by atoms with E-state index in [9.17, 15) is 8.42 Å². The standard InChI is InChI=1S/C13H17N5O2S2/c1-16-9-12(4-15-16)22(19,20)18-7-10-5-17(6-11(10)8-18)13-14-2-3-21-13/h2-4,9-11H,5-8H2,1H3. The van der Waals surface area contributed by atoms with Crippen LogP contribution < -0.4 is 4.90 Å². The first-order valence-corrected chi connectivity index (χ1v) is 9.49. The summed E-state index contributed by atoms with van der Waals surface area (Å²) in [7, 11) is -1.69. The predicted molar refractivity (Wildman–Crippen MR) is 83.3 cm³/mol. The Morgan fingerprint density at radius 2 is 1.95 bits per heavy atom. The Morgan fingerprint density at radius 3 is 2.50 bits per heavy atom. The predicted octanol–water partition coefficient (Wildman–Crippen LogP) is 0.633. The van der Waals surface area contributed by atoms with E-state index in [1.54, 1.807) is 28.9 Å². The van der Waals surface area contributed by atoms with Gasteiger partial charge < -0.3 is 4.90 Å². The molecule has 0 saturated carbocycles. The normalized spacial score (nSPS) is 25.8. The van der Waals surface area contributed by atoms with E-state index in [0.717, 1.165) is 18.2 Å². The van der Waals surface area contributed by atoms with Crippen LogP contribution in [0.4, 0.5) is 5.13 Å². The first-order chi connectivity index (χ1) is 10.5. The van der Waals surface area contributed by atoms with Crippen LogP contribution in [0.3, 0.4) is 0 Å². The Morgan fingerprint density at radius 1 is 1.23 bits per heavy atom. The fourth-order valence-corrected chi connectivity index (χ4v) is 5.56. The van der Waals surface area contributed by atoms with E-state index >= 15 is 0 Å². The van der Waals surface area contributed by atoms with Gasteiger partial charge in [-0.1, -0.05) is 0 Å². The first-order valence-electron chi connectivity index (χ1n) is 7.17. The molecule has 2 saturated heterocycles. The molecule has 0 bridgehead atoms. The van der Waals surface area contributed by atoms with Crippen LogP contribution in [0.2, 0.25) is 0 Å². The zero-order valence-corrected chi connectivity index (χ0v) is 13.8. The van der Waals surface area contributed by atoms with Crippen LogP contribution >= 0.6 is 11.3 Å². The lowest BCUT2D eigenvalue weighted by Crippen LogP contribution is -2.33. The molecule has 22 heavy (non-hydrogen) atoms. The monoisotopic (exact) mass is 339 g/mol. The highest BCUT2D eigenvalue weighted by Gasteiger charge is 2.45. The Kier molecular flexibility index (Phi) is 3.24. The molecule has 7 nitrogen and oxygen atoms in total. The van der Waals surface area contributed by atoms with E-state index in [0.29, 0.717) is 24.9 Å².